The normalized spacial score (nSPS) is 17.0. The van der Waals surface area contributed by atoms with Crippen molar-refractivity contribution in [3.05, 3.63) is 101 Å². The highest BCUT2D eigenvalue weighted by molar-refractivity contribution is 6.00. The highest BCUT2D eigenvalue weighted by Crippen LogP contribution is 2.25. The molecule has 218 valence electrons. The van der Waals surface area contributed by atoms with Crippen molar-refractivity contribution >= 4 is 22.8 Å². The van der Waals surface area contributed by atoms with Gasteiger partial charge in [0.1, 0.15) is 23.3 Å². The topological polar surface area (TPSA) is 75.0 Å². The van der Waals surface area contributed by atoms with E-state index in [1.54, 1.807) is 24.3 Å². The van der Waals surface area contributed by atoms with Crippen LogP contribution in [0.3, 0.4) is 0 Å². The Morgan fingerprint density at radius 3 is 2.33 bits per heavy atom. The van der Waals surface area contributed by atoms with Crippen molar-refractivity contribution in [2.45, 2.75) is 51.3 Å². The number of carbonyl (C=O) groups is 2. The van der Waals surface area contributed by atoms with E-state index in [0.717, 1.165) is 62.0 Å². The smallest absolute Gasteiger partial charge is 0.287 e. The Balaban J connectivity index is 1.00. The van der Waals surface area contributed by atoms with Gasteiger partial charge >= 0.3 is 0 Å². The van der Waals surface area contributed by atoms with Crippen molar-refractivity contribution in [3.8, 4) is 5.75 Å². The minimum absolute atomic E-state index is 0.0229. The van der Waals surface area contributed by atoms with Gasteiger partial charge in [-0.1, -0.05) is 29.8 Å². The van der Waals surface area contributed by atoms with E-state index in [1.165, 1.54) is 17.7 Å². The molecular formula is C34H36FN3O4. The minimum atomic E-state index is -0.244. The van der Waals surface area contributed by atoms with E-state index in [2.05, 4.69) is 17.1 Å². The average Bonchev–Trinajstić information content (AvgIpc) is 3.44. The molecule has 0 radical (unpaired) electrons. The summed E-state index contributed by atoms with van der Waals surface area (Å²) in [6.07, 6.45) is 3.32. The molecule has 0 aliphatic carbocycles. The average molecular weight is 570 g/mol. The molecule has 3 aromatic carbocycles. The number of hydrogen-bond acceptors (Lipinski definition) is 5. The fourth-order valence-electron chi connectivity index (χ4n) is 5.80. The molecule has 3 heterocycles. The second-order valence-electron chi connectivity index (χ2n) is 11.4. The Labute approximate surface area is 245 Å². The summed E-state index contributed by atoms with van der Waals surface area (Å²) in [5.74, 6) is 0.617. The highest BCUT2D eigenvalue weighted by atomic mass is 19.1. The van der Waals surface area contributed by atoms with E-state index in [-0.39, 0.29) is 35.5 Å². The van der Waals surface area contributed by atoms with Gasteiger partial charge in [-0.05, 0) is 73.9 Å². The number of nitrogens with one attached hydrogen (secondary N) is 1. The molecule has 2 amide bonds. The third-order valence-corrected chi connectivity index (χ3v) is 8.28. The number of amides is 2. The minimum Gasteiger partial charge on any atom is -0.490 e. The Morgan fingerprint density at radius 2 is 1.62 bits per heavy atom. The van der Waals surface area contributed by atoms with Gasteiger partial charge in [0.15, 0.2) is 5.76 Å². The largest absolute Gasteiger partial charge is 0.490 e. The number of rotatable bonds is 7. The van der Waals surface area contributed by atoms with Gasteiger partial charge in [0.25, 0.3) is 11.8 Å². The van der Waals surface area contributed by atoms with Gasteiger partial charge in [-0.25, -0.2) is 4.39 Å². The van der Waals surface area contributed by atoms with Gasteiger partial charge in [-0.3, -0.25) is 14.5 Å². The van der Waals surface area contributed by atoms with E-state index in [4.69, 9.17) is 9.15 Å². The fourth-order valence-corrected chi connectivity index (χ4v) is 5.80. The molecule has 1 aromatic heterocycles. The van der Waals surface area contributed by atoms with Crippen molar-refractivity contribution < 1.29 is 23.1 Å². The molecule has 0 spiro atoms. The lowest BCUT2D eigenvalue weighted by atomic mass is 10.0. The van der Waals surface area contributed by atoms with Crippen LogP contribution in [0.1, 0.15) is 57.7 Å². The molecule has 7 nitrogen and oxygen atoms in total. The second-order valence-corrected chi connectivity index (χ2v) is 11.4. The summed E-state index contributed by atoms with van der Waals surface area (Å²) >= 11 is 0. The van der Waals surface area contributed by atoms with Crippen molar-refractivity contribution in [3.63, 3.8) is 0 Å². The van der Waals surface area contributed by atoms with Crippen LogP contribution in [-0.2, 0) is 6.54 Å². The molecule has 0 saturated carbocycles. The Hall–Kier alpha value is -4.17. The molecule has 0 atom stereocenters. The van der Waals surface area contributed by atoms with Crippen LogP contribution in [0.5, 0.6) is 5.75 Å². The third kappa shape index (κ3) is 6.65. The lowest BCUT2D eigenvalue weighted by molar-refractivity contribution is 0.0595. The fraction of sp³-hybridized carbons (Fsp3) is 0.353. The van der Waals surface area contributed by atoms with Crippen LogP contribution in [0.25, 0.3) is 11.0 Å². The number of ether oxygens (including phenoxy) is 1. The number of hydrogen-bond donors (Lipinski definition) is 1. The summed E-state index contributed by atoms with van der Waals surface area (Å²) in [5, 5.41) is 3.84. The van der Waals surface area contributed by atoms with Gasteiger partial charge in [0.2, 0.25) is 0 Å². The molecule has 1 N–H and O–H groups in total. The zero-order valence-electron chi connectivity index (χ0n) is 23.9. The number of piperidine rings is 2. The van der Waals surface area contributed by atoms with Crippen molar-refractivity contribution in [1.82, 2.24) is 15.1 Å². The number of fused-ring (bicyclic) bond motifs is 1. The van der Waals surface area contributed by atoms with Crippen LogP contribution in [0.4, 0.5) is 4.39 Å². The van der Waals surface area contributed by atoms with Crippen LogP contribution in [0.2, 0.25) is 0 Å². The first-order valence-corrected chi connectivity index (χ1v) is 14.7. The number of nitrogens with zero attached hydrogens (tertiary/aromatic N) is 2. The number of benzene rings is 3. The van der Waals surface area contributed by atoms with Gasteiger partial charge in [0, 0.05) is 62.6 Å². The molecule has 2 aliphatic heterocycles. The number of likely N-dealkylation sites (tertiary alicyclic amines) is 2. The third-order valence-electron chi connectivity index (χ3n) is 8.28. The van der Waals surface area contributed by atoms with E-state index < -0.39 is 0 Å². The van der Waals surface area contributed by atoms with Crippen LogP contribution < -0.4 is 10.1 Å². The number of halogens is 1. The first-order valence-electron chi connectivity index (χ1n) is 14.7. The maximum atomic E-state index is 13.3. The maximum absolute atomic E-state index is 13.3. The lowest BCUT2D eigenvalue weighted by Gasteiger charge is -2.32. The zero-order chi connectivity index (χ0) is 29.1. The standard InChI is InChI=1S/C34H36FN3O4/c1-23-2-9-29(10-3-23)41-30-14-18-38(19-15-30)34(40)25-6-11-31-26(20-25)21-32(42-31)33(39)36-28-12-16-37(17-13-28)22-24-4-7-27(35)8-5-24/h2-11,20-21,28,30H,12-19,22H2,1H3,(H,36,39). The van der Waals surface area contributed by atoms with Crippen LogP contribution >= 0.6 is 0 Å². The molecule has 2 aliphatic rings. The quantitative estimate of drug-likeness (QED) is 0.297. The molecule has 2 fully saturated rings. The SMILES string of the molecule is Cc1ccc(OC2CCN(C(=O)c3ccc4oc(C(=O)NC5CCN(Cc6ccc(F)cc6)CC5)cc4c3)CC2)cc1. The predicted molar refractivity (Wildman–Crippen MR) is 159 cm³/mol. The number of carbonyl (C=O) groups excluding carboxylic acids is 2. The van der Waals surface area contributed by atoms with Gasteiger partial charge < -0.3 is 19.4 Å². The van der Waals surface area contributed by atoms with E-state index >= 15 is 0 Å². The summed E-state index contributed by atoms with van der Waals surface area (Å²) < 4.78 is 25.1. The molecular weight excluding hydrogens is 533 g/mol. The summed E-state index contributed by atoms with van der Waals surface area (Å²) in [6.45, 7) is 5.79. The predicted octanol–water partition coefficient (Wildman–Crippen LogP) is 5.96. The molecule has 6 rings (SSSR count). The number of aryl methyl sites for hydroxylation is 1. The van der Waals surface area contributed by atoms with Gasteiger partial charge in [0.05, 0.1) is 0 Å². The molecule has 0 unspecified atom stereocenters. The van der Waals surface area contributed by atoms with Crippen molar-refractivity contribution in [1.29, 1.82) is 0 Å². The Bertz CT molecular complexity index is 1530. The Morgan fingerprint density at radius 1 is 0.905 bits per heavy atom. The first-order chi connectivity index (χ1) is 20.4. The number of furan rings is 1. The monoisotopic (exact) mass is 569 g/mol. The molecule has 2 saturated heterocycles. The maximum Gasteiger partial charge on any atom is 0.287 e. The summed E-state index contributed by atoms with van der Waals surface area (Å²) in [5.41, 5.74) is 3.44. The van der Waals surface area contributed by atoms with E-state index in [1.807, 2.05) is 41.3 Å². The van der Waals surface area contributed by atoms with Crippen molar-refractivity contribution in [2.75, 3.05) is 26.2 Å². The second kappa shape index (κ2) is 12.4. The molecule has 4 aromatic rings. The van der Waals surface area contributed by atoms with E-state index in [0.29, 0.717) is 24.2 Å². The van der Waals surface area contributed by atoms with Crippen LogP contribution in [0, 0.1) is 12.7 Å². The summed E-state index contributed by atoms with van der Waals surface area (Å²) in [7, 11) is 0. The Kier molecular flexibility index (Phi) is 8.24. The van der Waals surface area contributed by atoms with Gasteiger partial charge in [-0.15, -0.1) is 0 Å². The lowest BCUT2D eigenvalue weighted by Crippen LogP contribution is -2.44. The van der Waals surface area contributed by atoms with Gasteiger partial charge in [-0.2, -0.15) is 0 Å². The zero-order valence-corrected chi connectivity index (χ0v) is 23.9. The first kappa shape index (κ1) is 28.0. The van der Waals surface area contributed by atoms with Crippen molar-refractivity contribution in [2.24, 2.45) is 0 Å². The molecule has 8 heteroatoms. The van der Waals surface area contributed by atoms with E-state index in [9.17, 15) is 14.0 Å². The molecule has 0 bridgehead atoms. The highest BCUT2D eigenvalue weighted by Gasteiger charge is 2.26. The summed E-state index contributed by atoms with van der Waals surface area (Å²) in [6, 6.07) is 21.8. The molecule has 42 heavy (non-hydrogen) atoms. The summed E-state index contributed by atoms with van der Waals surface area (Å²) in [4.78, 5) is 30.4. The van der Waals surface area contributed by atoms with Crippen LogP contribution in [-0.4, -0.2) is 59.9 Å². The van der Waals surface area contributed by atoms with Crippen LogP contribution in [0.15, 0.2) is 77.2 Å².